The smallest absolute Gasteiger partial charge is 0.0400 e. The maximum Gasteiger partial charge on any atom is 0.0400 e. The summed E-state index contributed by atoms with van der Waals surface area (Å²) in [5.41, 5.74) is 2.10. The topological polar surface area (TPSA) is 12.0 Å². The molecule has 1 nitrogen and oxygen atoms in total. The first-order chi connectivity index (χ1) is 8.78. The first-order valence-electron chi connectivity index (χ1n) is 6.45. The van der Waals surface area contributed by atoms with Crippen molar-refractivity contribution in [1.29, 1.82) is 0 Å². The molecule has 1 heteroatoms. The van der Waals surface area contributed by atoms with E-state index in [1.54, 1.807) is 12.2 Å². The summed E-state index contributed by atoms with van der Waals surface area (Å²) in [6.07, 6.45) is 14.5. The molecule has 0 fully saturated rings. The molecule has 0 aromatic carbocycles. The van der Waals surface area contributed by atoms with E-state index in [1.807, 2.05) is 38.2 Å². The Bertz CT molecular complexity index is 317. The average molecular weight is 245 g/mol. The first-order valence-corrected chi connectivity index (χ1v) is 6.45. The van der Waals surface area contributed by atoms with Gasteiger partial charge in [0.05, 0.1) is 0 Å². The van der Waals surface area contributed by atoms with Crippen LogP contribution in [0.4, 0.5) is 0 Å². The minimum atomic E-state index is 0.730. The van der Waals surface area contributed by atoms with E-state index in [0.29, 0.717) is 0 Å². The highest BCUT2D eigenvalue weighted by molar-refractivity contribution is 5.26. The van der Waals surface area contributed by atoms with Gasteiger partial charge in [0, 0.05) is 12.2 Å². The van der Waals surface area contributed by atoms with E-state index in [1.165, 1.54) is 0 Å². The van der Waals surface area contributed by atoms with Gasteiger partial charge in [0.15, 0.2) is 0 Å². The van der Waals surface area contributed by atoms with E-state index in [2.05, 4.69) is 38.1 Å². The van der Waals surface area contributed by atoms with E-state index < -0.39 is 0 Å². The molecule has 0 aliphatic heterocycles. The van der Waals surface area contributed by atoms with Crippen molar-refractivity contribution in [2.75, 3.05) is 6.54 Å². The van der Waals surface area contributed by atoms with Gasteiger partial charge in [0.25, 0.3) is 0 Å². The second-order valence-corrected chi connectivity index (χ2v) is 3.20. The normalized spacial score (nSPS) is 11.5. The summed E-state index contributed by atoms with van der Waals surface area (Å²) < 4.78 is 0. The third-order valence-electron chi connectivity index (χ3n) is 1.96. The molecular weight excluding hydrogens is 218 g/mol. The molecule has 100 valence electrons. The maximum atomic E-state index is 3.76. The van der Waals surface area contributed by atoms with Crippen molar-refractivity contribution in [3.8, 4) is 0 Å². The fraction of sp³-hybridized carbons (Fsp3) is 0.294. The van der Waals surface area contributed by atoms with Gasteiger partial charge in [-0.25, -0.2) is 0 Å². The summed E-state index contributed by atoms with van der Waals surface area (Å²) in [7, 11) is 0. The van der Waals surface area contributed by atoms with Crippen LogP contribution in [-0.2, 0) is 0 Å². The number of nitrogens with one attached hydrogen (secondary N) is 1. The predicted molar refractivity (Wildman–Crippen MR) is 85.5 cm³/mol. The van der Waals surface area contributed by atoms with Gasteiger partial charge in [0.2, 0.25) is 0 Å². The Kier molecular flexibility index (Phi) is 15.7. The Hall–Kier alpha value is -1.76. The van der Waals surface area contributed by atoms with Crippen LogP contribution >= 0.6 is 0 Å². The Labute approximate surface area is 113 Å². The van der Waals surface area contributed by atoms with Crippen LogP contribution in [0.2, 0.25) is 0 Å². The molecule has 18 heavy (non-hydrogen) atoms. The van der Waals surface area contributed by atoms with Crippen LogP contribution < -0.4 is 5.32 Å². The lowest BCUT2D eigenvalue weighted by molar-refractivity contribution is 0.912. The predicted octanol–water partition coefficient (Wildman–Crippen LogP) is 4.94. The third kappa shape index (κ3) is 10.7. The van der Waals surface area contributed by atoms with Gasteiger partial charge in [-0.3, -0.25) is 0 Å². The van der Waals surface area contributed by atoms with E-state index in [9.17, 15) is 0 Å². The van der Waals surface area contributed by atoms with Crippen molar-refractivity contribution < 1.29 is 0 Å². The summed E-state index contributed by atoms with van der Waals surface area (Å²) in [5, 5.41) is 3.27. The van der Waals surface area contributed by atoms with Crippen LogP contribution in [0, 0.1) is 0 Å². The van der Waals surface area contributed by atoms with Gasteiger partial charge in [-0.05, 0) is 24.1 Å². The van der Waals surface area contributed by atoms with Crippen LogP contribution in [0.25, 0.3) is 0 Å². The molecule has 0 amide bonds. The quantitative estimate of drug-likeness (QED) is 0.597. The highest BCUT2D eigenvalue weighted by Crippen LogP contribution is 1.98. The number of hydrogen-bond donors (Lipinski definition) is 1. The largest absolute Gasteiger partial charge is 0.381 e. The zero-order chi connectivity index (χ0) is 14.2. The molecule has 0 saturated carbocycles. The van der Waals surface area contributed by atoms with E-state index in [-0.39, 0.29) is 0 Å². The van der Waals surface area contributed by atoms with E-state index in [0.717, 1.165) is 24.2 Å². The summed E-state index contributed by atoms with van der Waals surface area (Å²) >= 11 is 0. The van der Waals surface area contributed by atoms with Crippen LogP contribution in [0.5, 0.6) is 0 Å². The Morgan fingerprint density at radius 3 is 2.17 bits per heavy atom. The highest BCUT2D eigenvalue weighted by atomic mass is 14.9. The Balaban J connectivity index is 0. The molecule has 0 aliphatic rings. The Morgan fingerprint density at radius 2 is 1.72 bits per heavy atom. The number of hydrogen-bond acceptors (Lipinski definition) is 1. The molecule has 0 aliphatic carbocycles. The van der Waals surface area contributed by atoms with E-state index in [4.69, 9.17) is 0 Å². The minimum absolute atomic E-state index is 0.730. The van der Waals surface area contributed by atoms with Crippen molar-refractivity contribution in [2.24, 2.45) is 0 Å². The highest BCUT2D eigenvalue weighted by Gasteiger charge is 1.91. The maximum absolute atomic E-state index is 3.76. The summed E-state index contributed by atoms with van der Waals surface area (Å²) in [5.74, 6) is 0. The lowest BCUT2D eigenvalue weighted by Gasteiger charge is -2.06. The summed E-state index contributed by atoms with van der Waals surface area (Å²) in [4.78, 5) is 0. The van der Waals surface area contributed by atoms with Crippen molar-refractivity contribution in [3.63, 3.8) is 0 Å². The summed E-state index contributed by atoms with van der Waals surface area (Å²) in [6.45, 7) is 18.0. The fourth-order valence-corrected chi connectivity index (χ4v) is 1.06. The summed E-state index contributed by atoms with van der Waals surface area (Å²) in [6, 6.07) is 0. The van der Waals surface area contributed by atoms with Gasteiger partial charge >= 0.3 is 0 Å². The molecule has 0 bridgehead atoms. The van der Waals surface area contributed by atoms with E-state index >= 15 is 0 Å². The van der Waals surface area contributed by atoms with Crippen molar-refractivity contribution in [2.45, 2.75) is 27.2 Å². The van der Waals surface area contributed by atoms with Crippen molar-refractivity contribution in [3.05, 3.63) is 73.5 Å². The monoisotopic (exact) mass is 245 g/mol. The zero-order valence-corrected chi connectivity index (χ0v) is 12.1. The van der Waals surface area contributed by atoms with Crippen LogP contribution in [0.3, 0.4) is 0 Å². The molecule has 0 spiro atoms. The van der Waals surface area contributed by atoms with Crippen molar-refractivity contribution >= 4 is 0 Å². The molecule has 0 aromatic heterocycles. The molecule has 0 heterocycles. The van der Waals surface area contributed by atoms with Gasteiger partial charge in [0.1, 0.15) is 0 Å². The SMILES string of the molecule is C=C/C=C(\C=C)CN/C(C=C)=C/C=C\CC.CC. The van der Waals surface area contributed by atoms with Gasteiger partial charge in [-0.15, -0.1) is 0 Å². The fourth-order valence-electron chi connectivity index (χ4n) is 1.06. The van der Waals surface area contributed by atoms with Crippen molar-refractivity contribution in [1.82, 2.24) is 5.32 Å². The number of rotatable bonds is 8. The number of allylic oxidation sites excluding steroid dienone is 6. The Morgan fingerprint density at radius 1 is 1.06 bits per heavy atom. The molecule has 0 unspecified atom stereocenters. The lowest BCUT2D eigenvalue weighted by atomic mass is 10.2. The molecule has 0 rings (SSSR count). The van der Waals surface area contributed by atoms with Gasteiger partial charge < -0.3 is 5.32 Å². The minimum Gasteiger partial charge on any atom is -0.381 e. The van der Waals surface area contributed by atoms with Crippen LogP contribution in [-0.4, -0.2) is 6.54 Å². The second-order valence-electron chi connectivity index (χ2n) is 3.20. The van der Waals surface area contributed by atoms with Crippen LogP contribution in [0.15, 0.2) is 73.5 Å². The van der Waals surface area contributed by atoms with Gasteiger partial charge in [-0.2, -0.15) is 0 Å². The standard InChI is InChI=1S/C15H21N.C2H6/c1-5-9-10-12-15(8-4)16-13-14(7-3)11-6-2;1-2/h6-12,16H,2-5,13H2,1H3;1-2H3/b10-9-,14-11+,15-12+;. The van der Waals surface area contributed by atoms with Crippen LogP contribution in [0.1, 0.15) is 27.2 Å². The molecule has 0 radical (unpaired) electrons. The molecule has 1 N–H and O–H groups in total. The lowest BCUT2D eigenvalue weighted by Crippen LogP contribution is -2.14. The molecule has 0 saturated heterocycles. The molecule has 0 aromatic rings. The van der Waals surface area contributed by atoms with Gasteiger partial charge in [-0.1, -0.05) is 70.9 Å². The average Bonchev–Trinajstić information content (AvgIpc) is 2.43. The zero-order valence-electron chi connectivity index (χ0n) is 12.1. The molecular formula is C17H27N. The molecule has 0 atom stereocenters. The second kappa shape index (κ2) is 15.2. The third-order valence-corrected chi connectivity index (χ3v) is 1.96. The first kappa shape index (κ1) is 18.6.